The molecule has 0 aliphatic heterocycles. The van der Waals surface area contributed by atoms with E-state index in [1.807, 2.05) is 0 Å². The molecule has 9 rings (SSSR count). The molecule has 256 valence electrons. The first-order chi connectivity index (χ1) is 25.1. The van der Waals surface area contributed by atoms with Gasteiger partial charge in [0.15, 0.2) is 0 Å². The minimum Gasteiger partial charge on any atom is -0.455 e. The molecule has 0 aliphatic rings. The molecule has 0 unspecified atom stereocenters. The average Bonchev–Trinajstić information content (AvgIpc) is 3.71. The molecule has 0 fully saturated rings. The van der Waals surface area contributed by atoms with Crippen LogP contribution in [0.5, 0.6) is 0 Å². The second-order valence-corrected chi connectivity index (χ2v) is 16.0. The molecule has 0 radical (unpaired) electrons. The number of hydrogen-bond acceptors (Lipinski definition) is 2. The van der Waals surface area contributed by atoms with E-state index in [-0.39, 0.29) is 17.3 Å². The van der Waals surface area contributed by atoms with Gasteiger partial charge in [-0.1, -0.05) is 133 Å². The van der Waals surface area contributed by atoms with E-state index in [4.69, 9.17) is 9.40 Å². The van der Waals surface area contributed by atoms with Crippen LogP contribution >= 0.6 is 0 Å². The van der Waals surface area contributed by atoms with Crippen molar-refractivity contribution >= 4 is 54.5 Å². The highest BCUT2D eigenvalue weighted by atomic mass is 16.3. The van der Waals surface area contributed by atoms with Crippen LogP contribution < -0.4 is 0 Å². The van der Waals surface area contributed by atoms with Crippen LogP contribution in [-0.2, 0) is 5.41 Å². The number of rotatable bonds is 5. The Hall–Kier alpha value is -5.67. The Bertz CT molecular complexity index is 2800. The number of nitrogens with zero attached hydrogens (tertiary/aromatic N) is 2. The lowest BCUT2D eigenvalue weighted by Crippen LogP contribution is -2.10. The smallest absolute Gasteiger partial charge is 0.149 e. The van der Waals surface area contributed by atoms with Gasteiger partial charge in [0, 0.05) is 10.8 Å². The summed E-state index contributed by atoms with van der Waals surface area (Å²) in [7, 11) is 0. The quantitative estimate of drug-likeness (QED) is 0.170. The molecule has 3 nitrogen and oxygen atoms in total. The molecular weight excluding hydrogens is 633 g/mol. The molecule has 0 saturated heterocycles. The van der Waals surface area contributed by atoms with Crippen LogP contribution in [0.25, 0.3) is 82.7 Å². The first-order valence-electron chi connectivity index (χ1n) is 18.6. The number of fused-ring (bicyclic) bond motifs is 7. The molecule has 2 heterocycles. The number of aromatic nitrogens is 2. The van der Waals surface area contributed by atoms with Gasteiger partial charge in [-0.2, -0.15) is 0 Å². The lowest BCUT2D eigenvalue weighted by Gasteiger charge is -2.24. The number of benzene rings is 7. The lowest BCUT2D eigenvalue weighted by molar-refractivity contribution is 0.591. The summed E-state index contributed by atoms with van der Waals surface area (Å²) < 4.78 is 9.35. The minimum absolute atomic E-state index is 0.0918. The van der Waals surface area contributed by atoms with Crippen molar-refractivity contribution in [3.63, 3.8) is 0 Å². The summed E-state index contributed by atoms with van der Waals surface area (Å²) in [5, 5.41) is 7.14. The number of furan rings is 1. The van der Waals surface area contributed by atoms with Gasteiger partial charge >= 0.3 is 0 Å². The summed E-state index contributed by atoms with van der Waals surface area (Å²) in [4.78, 5) is 5.39. The predicted molar refractivity (Wildman–Crippen MR) is 221 cm³/mol. The third-order valence-electron chi connectivity index (χ3n) is 10.9. The minimum atomic E-state index is 0.0918. The van der Waals surface area contributed by atoms with Gasteiger partial charge in [0.25, 0.3) is 0 Å². The van der Waals surface area contributed by atoms with Crippen molar-refractivity contribution in [2.75, 3.05) is 0 Å². The van der Waals surface area contributed by atoms with E-state index < -0.39 is 0 Å². The van der Waals surface area contributed by atoms with Crippen molar-refractivity contribution in [3.05, 3.63) is 144 Å². The molecule has 0 saturated carbocycles. The van der Waals surface area contributed by atoms with Crippen LogP contribution in [0.4, 0.5) is 0 Å². The van der Waals surface area contributed by atoms with Crippen LogP contribution in [0, 0.1) is 0 Å². The van der Waals surface area contributed by atoms with E-state index in [0.717, 1.165) is 44.4 Å². The second kappa shape index (κ2) is 12.0. The Labute approximate surface area is 305 Å². The lowest BCUT2D eigenvalue weighted by atomic mass is 9.85. The second-order valence-electron chi connectivity index (χ2n) is 16.0. The van der Waals surface area contributed by atoms with E-state index >= 15 is 0 Å². The standard InChI is InChI=1S/C49H44N2O/c1-29(2)39-26-34(31-14-9-8-10-15-31)27-40(30(3)4)46(39)51-44-19-12-11-18-43(44)50-48(51)38-17-13-16-37-42-25-33-21-20-32-24-35(49(5,6)7)22-23-36(32)41(33)28-45(42)52-47(37)38/h8-30H,1-7H3. The van der Waals surface area contributed by atoms with E-state index in [1.165, 1.54) is 55.0 Å². The fraction of sp³-hybridized carbons (Fsp3) is 0.204. The van der Waals surface area contributed by atoms with E-state index in [2.05, 4.69) is 180 Å². The molecule has 0 bridgehead atoms. The third kappa shape index (κ3) is 5.13. The Kier molecular flexibility index (Phi) is 7.41. The molecule has 3 heteroatoms. The first-order valence-corrected chi connectivity index (χ1v) is 18.6. The zero-order valence-electron chi connectivity index (χ0n) is 31.1. The topological polar surface area (TPSA) is 31.0 Å². The molecule has 0 spiro atoms. The fourth-order valence-electron chi connectivity index (χ4n) is 8.05. The summed E-state index contributed by atoms with van der Waals surface area (Å²) in [6.07, 6.45) is 0. The highest BCUT2D eigenvalue weighted by Crippen LogP contribution is 2.43. The third-order valence-corrected chi connectivity index (χ3v) is 10.9. The van der Waals surface area contributed by atoms with Crippen LogP contribution in [0.1, 0.15) is 77.0 Å². The summed E-state index contributed by atoms with van der Waals surface area (Å²) in [5.41, 5.74) is 12.5. The first kappa shape index (κ1) is 32.3. The van der Waals surface area contributed by atoms with Crippen molar-refractivity contribution in [2.24, 2.45) is 0 Å². The molecular formula is C49H44N2O. The maximum absolute atomic E-state index is 6.94. The van der Waals surface area contributed by atoms with Crippen LogP contribution in [0.3, 0.4) is 0 Å². The van der Waals surface area contributed by atoms with Gasteiger partial charge in [0.05, 0.1) is 22.3 Å². The summed E-state index contributed by atoms with van der Waals surface area (Å²) >= 11 is 0. The van der Waals surface area contributed by atoms with Gasteiger partial charge in [0.1, 0.15) is 17.0 Å². The summed E-state index contributed by atoms with van der Waals surface area (Å²) in [6, 6.07) is 46.5. The molecule has 2 aromatic heterocycles. The van der Waals surface area contributed by atoms with Gasteiger partial charge in [0.2, 0.25) is 0 Å². The van der Waals surface area contributed by atoms with E-state index in [1.54, 1.807) is 0 Å². The van der Waals surface area contributed by atoms with Crippen molar-refractivity contribution < 1.29 is 4.42 Å². The number of imidazole rings is 1. The number of para-hydroxylation sites is 3. The maximum atomic E-state index is 6.94. The SMILES string of the molecule is CC(C)c1cc(-c2ccccc2)cc(C(C)C)c1-n1c(-c2cccc3c2oc2cc4c(ccc5cc(C(C)(C)C)ccc54)cc23)nc2ccccc21. The van der Waals surface area contributed by atoms with Crippen LogP contribution in [0.2, 0.25) is 0 Å². The van der Waals surface area contributed by atoms with Gasteiger partial charge in [-0.15, -0.1) is 0 Å². The zero-order valence-corrected chi connectivity index (χ0v) is 31.1. The van der Waals surface area contributed by atoms with Crippen molar-refractivity contribution in [1.29, 1.82) is 0 Å². The molecule has 0 N–H and O–H groups in total. The maximum Gasteiger partial charge on any atom is 0.149 e. The molecule has 0 atom stereocenters. The average molecular weight is 677 g/mol. The molecule has 9 aromatic rings. The molecule has 0 aliphatic carbocycles. The van der Waals surface area contributed by atoms with Gasteiger partial charge in [-0.3, -0.25) is 4.57 Å². The summed E-state index contributed by atoms with van der Waals surface area (Å²) in [6.45, 7) is 16.0. The molecule has 52 heavy (non-hydrogen) atoms. The molecule has 0 amide bonds. The van der Waals surface area contributed by atoms with Gasteiger partial charge in [-0.25, -0.2) is 4.98 Å². The van der Waals surface area contributed by atoms with E-state index in [9.17, 15) is 0 Å². The highest BCUT2D eigenvalue weighted by molar-refractivity contribution is 6.17. The number of hydrogen-bond donors (Lipinski definition) is 0. The highest BCUT2D eigenvalue weighted by Gasteiger charge is 2.25. The Morgan fingerprint density at radius 2 is 1.27 bits per heavy atom. The van der Waals surface area contributed by atoms with E-state index in [0.29, 0.717) is 0 Å². The summed E-state index contributed by atoms with van der Waals surface area (Å²) in [5.74, 6) is 1.47. The van der Waals surface area contributed by atoms with Crippen molar-refractivity contribution in [2.45, 2.75) is 65.7 Å². The Balaban J connectivity index is 1.31. The Morgan fingerprint density at radius 3 is 1.98 bits per heavy atom. The largest absolute Gasteiger partial charge is 0.455 e. The Morgan fingerprint density at radius 1 is 0.577 bits per heavy atom. The normalized spacial score (nSPS) is 12.5. The van der Waals surface area contributed by atoms with Crippen LogP contribution in [-0.4, -0.2) is 9.55 Å². The van der Waals surface area contributed by atoms with Gasteiger partial charge in [-0.05, 0) is 109 Å². The molecule has 7 aromatic carbocycles. The zero-order chi connectivity index (χ0) is 35.9. The predicted octanol–water partition coefficient (Wildman–Crippen LogP) is 14.1. The van der Waals surface area contributed by atoms with Crippen molar-refractivity contribution in [3.8, 4) is 28.2 Å². The monoisotopic (exact) mass is 676 g/mol. The van der Waals surface area contributed by atoms with Crippen LogP contribution in [0.15, 0.2) is 132 Å². The van der Waals surface area contributed by atoms with Gasteiger partial charge < -0.3 is 4.42 Å². The van der Waals surface area contributed by atoms with Crippen molar-refractivity contribution in [1.82, 2.24) is 9.55 Å². The fourth-order valence-corrected chi connectivity index (χ4v) is 8.05.